The van der Waals surface area contributed by atoms with Crippen LogP contribution < -0.4 is 10.2 Å². The maximum Gasteiger partial charge on any atom is 0.336 e. The number of nitrogens with zero attached hydrogens (tertiary/aromatic N) is 2. The van der Waals surface area contributed by atoms with Gasteiger partial charge < -0.3 is 20.1 Å². The zero-order chi connectivity index (χ0) is 21.1. The predicted octanol–water partition coefficient (Wildman–Crippen LogP) is 3.00. The summed E-state index contributed by atoms with van der Waals surface area (Å²) in [6, 6.07) is 7.42. The van der Waals surface area contributed by atoms with E-state index in [-0.39, 0.29) is 22.5 Å². The van der Waals surface area contributed by atoms with Crippen LogP contribution in [0.4, 0.5) is 17.1 Å². The van der Waals surface area contributed by atoms with Crippen molar-refractivity contribution in [3.05, 3.63) is 62.7 Å². The van der Waals surface area contributed by atoms with Crippen molar-refractivity contribution in [1.82, 2.24) is 0 Å². The fourth-order valence-electron chi connectivity index (χ4n) is 3.39. The Labute approximate surface area is 167 Å². The number of carboxylic acids is 1. The Balaban J connectivity index is 2.02. The topological polar surface area (TPSA) is 122 Å². The molecule has 1 aliphatic rings. The zero-order valence-corrected chi connectivity index (χ0v) is 16.1. The number of nitro groups is 1. The predicted molar refractivity (Wildman–Crippen MR) is 107 cm³/mol. The molecule has 0 atom stereocenters. The number of benzene rings is 2. The first-order valence-corrected chi connectivity index (χ1v) is 9.05. The molecule has 0 radical (unpaired) electrons. The minimum absolute atomic E-state index is 0.0818. The summed E-state index contributed by atoms with van der Waals surface area (Å²) in [6.07, 6.45) is 0. The Kier molecular flexibility index (Phi) is 5.79. The molecular formula is C20H21N3O6. The highest BCUT2D eigenvalue weighted by Gasteiger charge is 2.28. The van der Waals surface area contributed by atoms with E-state index >= 15 is 0 Å². The summed E-state index contributed by atoms with van der Waals surface area (Å²) in [7, 11) is 0. The second-order valence-corrected chi connectivity index (χ2v) is 6.77. The van der Waals surface area contributed by atoms with Gasteiger partial charge in [0.15, 0.2) is 0 Å². The molecule has 29 heavy (non-hydrogen) atoms. The fourth-order valence-corrected chi connectivity index (χ4v) is 3.39. The summed E-state index contributed by atoms with van der Waals surface area (Å²) < 4.78 is 5.31. The van der Waals surface area contributed by atoms with Crippen LogP contribution in [0.1, 0.15) is 31.8 Å². The monoisotopic (exact) mass is 399 g/mol. The van der Waals surface area contributed by atoms with Crippen molar-refractivity contribution in [2.24, 2.45) is 0 Å². The van der Waals surface area contributed by atoms with Crippen LogP contribution in [-0.4, -0.2) is 48.2 Å². The van der Waals surface area contributed by atoms with Crippen molar-refractivity contribution in [3.8, 4) is 0 Å². The molecule has 2 aromatic carbocycles. The lowest BCUT2D eigenvalue weighted by Gasteiger charge is -2.29. The van der Waals surface area contributed by atoms with Crippen LogP contribution in [0.15, 0.2) is 30.3 Å². The van der Waals surface area contributed by atoms with Crippen molar-refractivity contribution in [1.29, 1.82) is 0 Å². The van der Waals surface area contributed by atoms with Crippen molar-refractivity contribution >= 4 is 28.9 Å². The normalized spacial score (nSPS) is 13.8. The summed E-state index contributed by atoms with van der Waals surface area (Å²) in [6.45, 7) is 5.11. The van der Waals surface area contributed by atoms with Crippen molar-refractivity contribution < 1.29 is 24.4 Å². The van der Waals surface area contributed by atoms with E-state index in [2.05, 4.69) is 5.32 Å². The van der Waals surface area contributed by atoms with Gasteiger partial charge in [-0.2, -0.15) is 0 Å². The number of nitrogens with one attached hydrogen (secondary N) is 1. The quantitative estimate of drug-likeness (QED) is 0.585. The van der Waals surface area contributed by atoms with E-state index in [0.717, 1.165) is 0 Å². The van der Waals surface area contributed by atoms with Crippen LogP contribution >= 0.6 is 0 Å². The van der Waals surface area contributed by atoms with Crippen LogP contribution in [0.5, 0.6) is 0 Å². The third-order valence-electron chi connectivity index (χ3n) is 4.83. The second kappa shape index (κ2) is 8.27. The Hall–Kier alpha value is -3.46. The van der Waals surface area contributed by atoms with Gasteiger partial charge in [-0.1, -0.05) is 12.1 Å². The van der Waals surface area contributed by atoms with Gasteiger partial charge in [-0.25, -0.2) is 4.79 Å². The number of hydrogen-bond donors (Lipinski definition) is 2. The average molecular weight is 399 g/mol. The van der Waals surface area contributed by atoms with Gasteiger partial charge in [0.2, 0.25) is 0 Å². The van der Waals surface area contributed by atoms with E-state index in [1.807, 2.05) is 0 Å². The molecule has 9 nitrogen and oxygen atoms in total. The zero-order valence-electron chi connectivity index (χ0n) is 16.1. The highest BCUT2D eigenvalue weighted by atomic mass is 16.6. The molecule has 0 aliphatic carbocycles. The maximum absolute atomic E-state index is 13.0. The Morgan fingerprint density at radius 1 is 1.14 bits per heavy atom. The molecule has 2 aromatic rings. The molecular weight excluding hydrogens is 378 g/mol. The first-order valence-electron chi connectivity index (χ1n) is 9.05. The molecule has 152 valence electrons. The Morgan fingerprint density at radius 3 is 2.45 bits per heavy atom. The lowest BCUT2D eigenvalue weighted by atomic mass is 10.0. The third kappa shape index (κ3) is 4.19. The number of aromatic carboxylic acids is 1. The molecule has 2 N–H and O–H groups in total. The number of rotatable bonds is 5. The van der Waals surface area contributed by atoms with Crippen molar-refractivity contribution in [2.45, 2.75) is 13.8 Å². The number of aryl methyl sites for hydroxylation is 2. The molecule has 1 fully saturated rings. The van der Waals surface area contributed by atoms with Gasteiger partial charge in [0.1, 0.15) is 5.69 Å². The highest BCUT2D eigenvalue weighted by molar-refractivity contribution is 6.10. The number of morpholine rings is 1. The second-order valence-electron chi connectivity index (χ2n) is 6.77. The highest BCUT2D eigenvalue weighted by Crippen LogP contribution is 2.33. The van der Waals surface area contributed by atoms with Crippen LogP contribution in [0, 0.1) is 24.0 Å². The first-order chi connectivity index (χ1) is 13.8. The summed E-state index contributed by atoms with van der Waals surface area (Å²) in [5.41, 5.74) is 1.93. The van der Waals surface area contributed by atoms with Crippen LogP contribution in [0.3, 0.4) is 0 Å². The molecule has 0 aromatic heterocycles. The number of ether oxygens (including phenoxy) is 1. The molecule has 1 amide bonds. The van der Waals surface area contributed by atoms with Crippen LogP contribution in [0.25, 0.3) is 0 Å². The van der Waals surface area contributed by atoms with E-state index in [1.165, 1.54) is 24.3 Å². The molecule has 1 aliphatic heterocycles. The van der Waals surface area contributed by atoms with Gasteiger partial charge in [0.25, 0.3) is 11.6 Å². The number of para-hydroxylation sites is 1. The molecule has 3 rings (SSSR count). The first kappa shape index (κ1) is 20.3. The number of carbonyl (C=O) groups excluding carboxylic acids is 1. The summed E-state index contributed by atoms with van der Waals surface area (Å²) in [5.74, 6) is -1.64. The SMILES string of the molecule is Cc1cc(C)c(C(=O)O)cc1NC(=O)c1cccc([N+](=O)[O-])c1N1CCOCC1. The lowest BCUT2D eigenvalue weighted by Crippen LogP contribution is -2.37. The van der Waals surface area contributed by atoms with E-state index in [1.54, 1.807) is 24.8 Å². The number of hydrogen-bond acceptors (Lipinski definition) is 6. The van der Waals surface area contributed by atoms with Gasteiger partial charge in [0.05, 0.1) is 29.3 Å². The number of amides is 1. The Morgan fingerprint density at radius 2 is 1.83 bits per heavy atom. The summed E-state index contributed by atoms with van der Waals surface area (Å²) in [4.78, 5) is 37.3. The van der Waals surface area contributed by atoms with Gasteiger partial charge in [0, 0.05) is 24.8 Å². The molecule has 0 saturated carbocycles. The smallest absolute Gasteiger partial charge is 0.336 e. The fraction of sp³-hybridized carbons (Fsp3) is 0.300. The molecule has 1 saturated heterocycles. The number of carboxylic acid groups (broad SMARTS) is 1. The molecule has 0 spiro atoms. The number of anilines is 2. The van der Waals surface area contributed by atoms with E-state index in [9.17, 15) is 24.8 Å². The van der Waals surface area contributed by atoms with E-state index in [4.69, 9.17) is 4.74 Å². The standard InChI is InChI=1S/C20H21N3O6/c1-12-10-13(2)16(11-15(12)20(25)26)21-19(24)14-4-3-5-17(23(27)28)18(14)22-6-8-29-9-7-22/h3-5,10-11H,6-9H2,1-2H3,(H,21,24)(H,25,26). The van der Waals surface area contributed by atoms with Crippen molar-refractivity contribution in [2.75, 3.05) is 36.5 Å². The largest absolute Gasteiger partial charge is 0.478 e. The summed E-state index contributed by atoms with van der Waals surface area (Å²) >= 11 is 0. The average Bonchev–Trinajstić information content (AvgIpc) is 2.69. The number of carbonyl (C=O) groups is 2. The molecule has 0 unspecified atom stereocenters. The Bertz CT molecular complexity index is 982. The number of nitro benzene ring substituents is 1. The molecule has 0 bridgehead atoms. The maximum atomic E-state index is 13.0. The van der Waals surface area contributed by atoms with Gasteiger partial charge >= 0.3 is 5.97 Å². The summed E-state index contributed by atoms with van der Waals surface area (Å²) in [5, 5.41) is 23.6. The third-order valence-corrected chi connectivity index (χ3v) is 4.83. The van der Waals surface area contributed by atoms with Crippen LogP contribution in [0.2, 0.25) is 0 Å². The minimum atomic E-state index is -1.10. The van der Waals surface area contributed by atoms with Crippen molar-refractivity contribution in [3.63, 3.8) is 0 Å². The van der Waals surface area contributed by atoms with Gasteiger partial charge in [-0.15, -0.1) is 0 Å². The molecule has 9 heteroatoms. The van der Waals surface area contributed by atoms with Gasteiger partial charge in [-0.3, -0.25) is 14.9 Å². The van der Waals surface area contributed by atoms with Crippen LogP contribution in [-0.2, 0) is 4.74 Å². The van der Waals surface area contributed by atoms with E-state index < -0.39 is 16.8 Å². The molecule has 1 heterocycles. The van der Waals surface area contributed by atoms with E-state index in [0.29, 0.717) is 43.1 Å². The lowest BCUT2D eigenvalue weighted by molar-refractivity contribution is -0.384. The minimum Gasteiger partial charge on any atom is -0.478 e. The van der Waals surface area contributed by atoms with Gasteiger partial charge in [-0.05, 0) is 37.1 Å².